The Bertz CT molecular complexity index is 1030. The molecule has 3 rings (SSSR count). The van der Waals surface area contributed by atoms with E-state index in [1.165, 1.54) is 18.3 Å². The maximum atomic E-state index is 13.6. The Morgan fingerprint density at radius 3 is 2.54 bits per heavy atom. The Balaban J connectivity index is 1.93. The second-order valence-corrected chi connectivity index (χ2v) is 5.92. The topological polar surface area (TPSA) is 88.2 Å². The lowest BCUT2D eigenvalue weighted by Gasteiger charge is -2.10. The zero-order valence-corrected chi connectivity index (χ0v) is 14.1. The number of carboxylic acids is 1. The van der Waals surface area contributed by atoms with Crippen LogP contribution in [-0.2, 0) is 19.2 Å². The van der Waals surface area contributed by atoms with Crippen molar-refractivity contribution in [3.8, 4) is 5.82 Å². The number of benzene rings is 1. The van der Waals surface area contributed by atoms with Crippen LogP contribution in [0.1, 0.15) is 32.9 Å². The van der Waals surface area contributed by atoms with Gasteiger partial charge in [-0.1, -0.05) is 6.07 Å². The summed E-state index contributed by atoms with van der Waals surface area (Å²) in [5.41, 5.74) is -0.937. The predicted octanol–water partition coefficient (Wildman–Crippen LogP) is 3.21. The Labute approximate surface area is 155 Å². The van der Waals surface area contributed by atoms with Gasteiger partial charge < -0.3 is 10.2 Å². The fourth-order valence-corrected chi connectivity index (χ4v) is 2.64. The number of alkyl halides is 3. The molecule has 0 saturated carbocycles. The molecule has 2 aromatic heterocycles. The first kappa shape index (κ1) is 19.5. The van der Waals surface area contributed by atoms with E-state index in [9.17, 15) is 27.5 Å². The van der Waals surface area contributed by atoms with Crippen molar-refractivity contribution < 1.29 is 32.6 Å². The molecule has 0 aliphatic rings. The molecule has 2 N–H and O–H groups in total. The molecule has 2 heterocycles. The van der Waals surface area contributed by atoms with Crippen molar-refractivity contribution in [3.63, 3.8) is 0 Å². The van der Waals surface area contributed by atoms with Gasteiger partial charge in [-0.25, -0.2) is 18.9 Å². The molecule has 0 atom stereocenters. The van der Waals surface area contributed by atoms with Crippen LogP contribution in [0, 0.1) is 5.82 Å². The van der Waals surface area contributed by atoms with Gasteiger partial charge in [-0.3, -0.25) is 0 Å². The number of aromatic nitrogens is 3. The number of aromatic carboxylic acids is 1. The molecular weight excluding hydrogens is 382 g/mol. The van der Waals surface area contributed by atoms with Crippen LogP contribution in [-0.4, -0.2) is 30.9 Å². The van der Waals surface area contributed by atoms with Gasteiger partial charge in [0, 0.05) is 23.9 Å². The molecule has 3 aromatic rings. The molecule has 0 aliphatic carbocycles. The highest BCUT2D eigenvalue weighted by molar-refractivity contribution is 5.87. The van der Waals surface area contributed by atoms with Crippen LogP contribution in [0.25, 0.3) is 5.82 Å². The van der Waals surface area contributed by atoms with Crippen LogP contribution >= 0.6 is 0 Å². The number of halogens is 4. The average Bonchev–Trinajstić information content (AvgIpc) is 3.05. The lowest BCUT2D eigenvalue weighted by molar-refractivity contribution is -0.137. The molecule has 0 fully saturated rings. The number of aliphatic hydroxyl groups is 1. The minimum atomic E-state index is -4.67. The highest BCUT2D eigenvalue weighted by Gasteiger charge is 2.31. The third kappa shape index (κ3) is 4.17. The van der Waals surface area contributed by atoms with Crippen molar-refractivity contribution in [2.45, 2.75) is 19.2 Å². The SMILES string of the molecule is O=C(O)c1nn(-c2cccc(Cc3cc(F)cc(C(F)(F)F)c3)n2)cc1CO. The molecule has 0 aliphatic heterocycles. The van der Waals surface area contributed by atoms with Crippen LogP contribution in [0.4, 0.5) is 17.6 Å². The molecule has 10 heteroatoms. The maximum absolute atomic E-state index is 13.6. The summed E-state index contributed by atoms with van der Waals surface area (Å²) >= 11 is 0. The number of hydrogen-bond donors (Lipinski definition) is 2. The number of carboxylic acid groups (broad SMARTS) is 1. The number of pyridine rings is 1. The number of aliphatic hydroxyl groups excluding tert-OH is 1. The van der Waals surface area contributed by atoms with Crippen LogP contribution in [0.5, 0.6) is 0 Å². The summed E-state index contributed by atoms with van der Waals surface area (Å²) < 4.78 is 53.2. The molecule has 146 valence electrons. The van der Waals surface area contributed by atoms with Crippen LogP contribution in [0.3, 0.4) is 0 Å². The summed E-state index contributed by atoms with van der Waals surface area (Å²) in [6.45, 7) is -0.537. The van der Waals surface area contributed by atoms with E-state index in [0.29, 0.717) is 11.8 Å². The third-order valence-corrected chi connectivity index (χ3v) is 3.86. The van der Waals surface area contributed by atoms with E-state index in [2.05, 4.69) is 10.1 Å². The van der Waals surface area contributed by atoms with Crippen molar-refractivity contribution in [1.29, 1.82) is 0 Å². The quantitative estimate of drug-likeness (QED) is 0.648. The van der Waals surface area contributed by atoms with Gasteiger partial charge in [0.2, 0.25) is 0 Å². The molecule has 0 bridgehead atoms. The second-order valence-electron chi connectivity index (χ2n) is 5.92. The monoisotopic (exact) mass is 395 g/mol. The van der Waals surface area contributed by atoms with E-state index >= 15 is 0 Å². The first-order valence-electron chi connectivity index (χ1n) is 7.93. The molecular formula is C18H13F4N3O3. The Hall–Kier alpha value is -3.27. The largest absolute Gasteiger partial charge is 0.476 e. The van der Waals surface area contributed by atoms with Gasteiger partial charge in [0.25, 0.3) is 0 Å². The van der Waals surface area contributed by atoms with E-state index in [-0.39, 0.29) is 29.1 Å². The van der Waals surface area contributed by atoms with Gasteiger partial charge in [0.05, 0.1) is 12.2 Å². The van der Waals surface area contributed by atoms with E-state index in [1.807, 2.05) is 0 Å². The molecule has 1 aromatic carbocycles. The van der Waals surface area contributed by atoms with Gasteiger partial charge in [-0.2, -0.15) is 18.3 Å². The van der Waals surface area contributed by atoms with Gasteiger partial charge in [-0.15, -0.1) is 0 Å². The molecule has 0 spiro atoms. The lowest BCUT2D eigenvalue weighted by atomic mass is 10.1. The van der Waals surface area contributed by atoms with Crippen molar-refractivity contribution in [3.05, 3.63) is 76.5 Å². The van der Waals surface area contributed by atoms with Crippen LogP contribution < -0.4 is 0 Å². The summed E-state index contributed by atoms with van der Waals surface area (Å²) in [6, 6.07) is 6.86. The van der Waals surface area contributed by atoms with Crippen molar-refractivity contribution in [2.24, 2.45) is 0 Å². The fourth-order valence-electron chi connectivity index (χ4n) is 2.64. The maximum Gasteiger partial charge on any atom is 0.416 e. The van der Waals surface area contributed by atoms with E-state index in [1.54, 1.807) is 6.07 Å². The minimum Gasteiger partial charge on any atom is -0.476 e. The third-order valence-electron chi connectivity index (χ3n) is 3.86. The highest BCUT2D eigenvalue weighted by Crippen LogP contribution is 2.30. The van der Waals surface area contributed by atoms with Gasteiger partial charge in [0.1, 0.15) is 5.82 Å². The number of rotatable bonds is 5. The second kappa shape index (κ2) is 7.39. The summed E-state index contributed by atoms with van der Waals surface area (Å²) in [7, 11) is 0. The zero-order chi connectivity index (χ0) is 20.5. The molecule has 0 saturated heterocycles. The Morgan fingerprint density at radius 2 is 1.93 bits per heavy atom. The van der Waals surface area contributed by atoms with Gasteiger partial charge in [-0.05, 0) is 35.9 Å². The summed E-state index contributed by atoms with van der Waals surface area (Å²) in [6.07, 6.45) is -3.46. The zero-order valence-electron chi connectivity index (χ0n) is 14.1. The predicted molar refractivity (Wildman–Crippen MR) is 88.4 cm³/mol. The molecule has 28 heavy (non-hydrogen) atoms. The van der Waals surface area contributed by atoms with Gasteiger partial charge >= 0.3 is 12.1 Å². The van der Waals surface area contributed by atoms with Crippen LogP contribution in [0.15, 0.2) is 42.6 Å². The normalized spacial score (nSPS) is 11.6. The summed E-state index contributed by atoms with van der Waals surface area (Å²) in [5.74, 6) is -2.13. The van der Waals surface area contributed by atoms with Crippen molar-refractivity contribution in [1.82, 2.24) is 14.8 Å². The first-order chi connectivity index (χ1) is 13.2. The van der Waals surface area contributed by atoms with Crippen molar-refractivity contribution in [2.75, 3.05) is 0 Å². The number of hydrogen-bond acceptors (Lipinski definition) is 4. The van der Waals surface area contributed by atoms with E-state index < -0.39 is 30.1 Å². The first-order valence-corrected chi connectivity index (χ1v) is 7.93. The summed E-state index contributed by atoms with van der Waals surface area (Å²) in [5, 5.41) is 22.2. The standard InChI is InChI=1S/C18H13F4N3O3/c19-13-5-10(4-12(7-13)18(20,21)22)6-14-2-1-3-15(23-14)25-8-11(9-26)16(24-25)17(27)28/h1-5,7-8,26H,6,9H2,(H,27,28). The average molecular weight is 395 g/mol. The van der Waals surface area contributed by atoms with Gasteiger partial charge in [0.15, 0.2) is 11.5 Å². The number of carbonyl (C=O) groups is 1. The summed E-state index contributed by atoms with van der Waals surface area (Å²) in [4.78, 5) is 15.4. The van der Waals surface area contributed by atoms with Crippen LogP contribution in [0.2, 0.25) is 0 Å². The smallest absolute Gasteiger partial charge is 0.416 e. The van der Waals surface area contributed by atoms with E-state index in [4.69, 9.17) is 5.11 Å². The molecule has 0 radical (unpaired) electrons. The lowest BCUT2D eigenvalue weighted by Crippen LogP contribution is -2.07. The fraction of sp³-hybridized carbons (Fsp3) is 0.167. The highest BCUT2D eigenvalue weighted by atomic mass is 19.4. The Morgan fingerprint density at radius 1 is 1.18 bits per heavy atom. The molecule has 6 nitrogen and oxygen atoms in total. The molecule has 0 amide bonds. The minimum absolute atomic E-state index is 0.0748. The Kier molecular flexibility index (Phi) is 5.14. The van der Waals surface area contributed by atoms with Crippen molar-refractivity contribution >= 4 is 5.97 Å². The molecule has 0 unspecified atom stereocenters. The van der Waals surface area contributed by atoms with E-state index in [0.717, 1.165) is 16.8 Å². The number of nitrogens with zero attached hydrogens (tertiary/aromatic N) is 3.